The fourth-order valence-electron chi connectivity index (χ4n) is 1.54. The molecule has 0 heterocycles. The molecule has 0 nitrogen and oxygen atoms in total. The van der Waals surface area contributed by atoms with E-state index in [1.807, 2.05) is 0 Å². The predicted octanol–water partition coefficient (Wildman–Crippen LogP) is 3.00. The molecule has 10 heteroatoms. The summed E-state index contributed by atoms with van der Waals surface area (Å²) >= 11 is 0. The highest BCUT2D eigenvalue weighted by molar-refractivity contribution is 6.32. The van der Waals surface area contributed by atoms with E-state index in [9.17, 15) is 39.5 Å². The highest BCUT2D eigenvalue weighted by atomic mass is 19.4. The van der Waals surface area contributed by atoms with Gasteiger partial charge in [0.05, 0.1) is 16.7 Å². The van der Waals surface area contributed by atoms with Gasteiger partial charge >= 0.3 is 18.5 Å². The number of hydrogen-bond donors (Lipinski definition) is 0. The van der Waals surface area contributed by atoms with Crippen LogP contribution in [0.15, 0.2) is 12.1 Å². The van der Waals surface area contributed by atoms with E-state index in [-0.39, 0.29) is 12.1 Å². The Morgan fingerprint density at radius 3 is 1.16 bits per heavy atom. The first-order chi connectivity index (χ1) is 8.24. The first kappa shape index (κ1) is 15.7. The minimum Gasteiger partial charge on any atom is -0.166 e. The summed E-state index contributed by atoms with van der Waals surface area (Å²) in [5, 5.41) is 0. The molecule has 0 bridgehead atoms. The van der Waals surface area contributed by atoms with Crippen LogP contribution in [0, 0.1) is 0 Å². The highest BCUT2D eigenvalue weighted by Gasteiger charge is 2.50. The van der Waals surface area contributed by atoms with Crippen LogP contribution in [0.3, 0.4) is 0 Å². The van der Waals surface area contributed by atoms with Crippen LogP contribution in [0.4, 0.5) is 39.5 Å². The average Bonchev–Trinajstić information content (AvgIpc) is 2.11. The lowest BCUT2D eigenvalue weighted by Gasteiger charge is -2.21. The number of halogens is 9. The lowest BCUT2D eigenvalue weighted by Crippen LogP contribution is -2.26. The van der Waals surface area contributed by atoms with Gasteiger partial charge in [-0.1, -0.05) is 17.6 Å². The molecule has 0 atom stereocenters. The minimum absolute atomic E-state index is 0.0397. The van der Waals surface area contributed by atoms with Crippen LogP contribution >= 0.6 is 0 Å². The van der Waals surface area contributed by atoms with Crippen molar-refractivity contribution in [1.82, 2.24) is 0 Å². The molecular weight excluding hydrogens is 290 g/mol. The summed E-state index contributed by atoms with van der Waals surface area (Å²) in [4.78, 5) is 0. The van der Waals surface area contributed by atoms with Crippen molar-refractivity contribution in [2.45, 2.75) is 18.5 Å². The van der Waals surface area contributed by atoms with Gasteiger partial charge in [0.25, 0.3) is 0 Å². The number of hydrogen-bond acceptors (Lipinski definition) is 0. The molecule has 0 saturated carbocycles. The smallest absolute Gasteiger partial charge is 0.166 e. The van der Waals surface area contributed by atoms with E-state index in [0.717, 1.165) is 7.85 Å². The third-order valence-electron chi connectivity index (χ3n) is 2.18. The lowest BCUT2D eigenvalue weighted by molar-refractivity contribution is -0.174. The topological polar surface area (TPSA) is 0 Å². The maximum Gasteiger partial charge on any atom is 0.417 e. The van der Waals surface area contributed by atoms with Gasteiger partial charge < -0.3 is 0 Å². The molecule has 0 unspecified atom stereocenters. The second-order valence-electron chi connectivity index (χ2n) is 3.73. The summed E-state index contributed by atoms with van der Waals surface area (Å²) in [6.45, 7) is 0. The largest absolute Gasteiger partial charge is 0.417 e. The quantitative estimate of drug-likeness (QED) is 0.510. The SMILES string of the molecule is Bc1cc(C(F)(F)F)c(C(F)(F)F)c(C(F)(F)F)c1. The molecule has 0 N–H and O–H groups in total. The van der Waals surface area contributed by atoms with Crippen LogP contribution in [0.1, 0.15) is 16.7 Å². The average molecular weight is 294 g/mol. The van der Waals surface area contributed by atoms with Gasteiger partial charge in [-0.05, 0) is 0 Å². The van der Waals surface area contributed by atoms with Crippen molar-refractivity contribution < 1.29 is 39.5 Å². The monoisotopic (exact) mass is 294 g/mol. The van der Waals surface area contributed by atoms with Crippen molar-refractivity contribution in [3.63, 3.8) is 0 Å². The van der Waals surface area contributed by atoms with E-state index in [1.165, 1.54) is 0 Å². The van der Waals surface area contributed by atoms with Crippen LogP contribution in [0.2, 0.25) is 0 Å². The van der Waals surface area contributed by atoms with Gasteiger partial charge in [-0.3, -0.25) is 0 Å². The Balaban J connectivity index is 3.80. The number of benzene rings is 1. The van der Waals surface area contributed by atoms with Crippen LogP contribution in [0.5, 0.6) is 0 Å². The zero-order valence-corrected chi connectivity index (χ0v) is 9.06. The standard InChI is InChI=1S/C9H4BF9/c10-3-1-4(7(11,12)13)6(9(17,18)19)5(2-3)8(14,15)16/h1-2H,10H2. The van der Waals surface area contributed by atoms with Crippen LogP contribution < -0.4 is 5.46 Å². The van der Waals surface area contributed by atoms with Gasteiger partial charge in [0.1, 0.15) is 7.85 Å². The Labute approximate surface area is 101 Å². The van der Waals surface area contributed by atoms with Crippen LogP contribution in [0.25, 0.3) is 0 Å². The van der Waals surface area contributed by atoms with Crippen molar-refractivity contribution in [3.05, 3.63) is 28.8 Å². The summed E-state index contributed by atoms with van der Waals surface area (Å²) in [6.07, 6.45) is -16.8. The molecule has 0 aromatic heterocycles. The van der Waals surface area contributed by atoms with Crippen LogP contribution in [-0.2, 0) is 18.5 Å². The zero-order valence-electron chi connectivity index (χ0n) is 9.06. The number of alkyl halides is 9. The van der Waals surface area contributed by atoms with Gasteiger partial charge in [0.2, 0.25) is 0 Å². The summed E-state index contributed by atoms with van der Waals surface area (Å²) < 4.78 is 112. The van der Waals surface area contributed by atoms with Crippen LogP contribution in [-0.4, -0.2) is 7.85 Å². The molecule has 0 amide bonds. The Kier molecular flexibility index (Phi) is 3.59. The Morgan fingerprint density at radius 1 is 0.632 bits per heavy atom. The van der Waals surface area contributed by atoms with E-state index in [0.29, 0.717) is 0 Å². The normalized spacial score (nSPS) is 13.7. The molecule has 0 saturated heterocycles. The van der Waals surface area contributed by atoms with E-state index in [2.05, 4.69) is 0 Å². The Hall–Kier alpha value is -1.35. The van der Waals surface area contributed by atoms with Gasteiger partial charge in [-0.15, -0.1) is 0 Å². The molecule has 106 valence electrons. The summed E-state index contributed by atoms with van der Waals surface area (Å²) in [5.74, 6) is 0. The summed E-state index contributed by atoms with van der Waals surface area (Å²) in [5.41, 5.74) is -7.95. The van der Waals surface area contributed by atoms with E-state index in [1.54, 1.807) is 0 Å². The van der Waals surface area contributed by atoms with Crippen molar-refractivity contribution in [3.8, 4) is 0 Å². The maximum absolute atomic E-state index is 12.5. The van der Waals surface area contributed by atoms with E-state index >= 15 is 0 Å². The Bertz CT molecular complexity index is 445. The molecule has 0 aliphatic carbocycles. The summed E-state index contributed by atoms with van der Waals surface area (Å²) in [6, 6.07) is 0.0795. The highest BCUT2D eigenvalue weighted by Crippen LogP contribution is 2.45. The third kappa shape index (κ3) is 3.35. The van der Waals surface area contributed by atoms with E-state index < -0.39 is 40.7 Å². The fraction of sp³-hybridized carbons (Fsp3) is 0.333. The lowest BCUT2D eigenvalue weighted by atomic mass is 9.87. The van der Waals surface area contributed by atoms with Crippen molar-refractivity contribution in [1.29, 1.82) is 0 Å². The molecule has 0 aliphatic rings. The minimum atomic E-state index is -5.76. The molecule has 0 radical (unpaired) electrons. The van der Waals surface area contributed by atoms with Gasteiger partial charge in [0.15, 0.2) is 0 Å². The van der Waals surface area contributed by atoms with Gasteiger partial charge in [-0.25, -0.2) is 0 Å². The maximum atomic E-state index is 12.5. The molecule has 1 rings (SSSR count). The second-order valence-corrected chi connectivity index (χ2v) is 3.73. The first-order valence-electron chi connectivity index (χ1n) is 4.61. The third-order valence-corrected chi connectivity index (χ3v) is 2.18. The zero-order chi connectivity index (χ0) is 15.2. The molecule has 1 aromatic carbocycles. The van der Waals surface area contributed by atoms with Gasteiger partial charge in [0, 0.05) is 0 Å². The molecule has 0 fully saturated rings. The molecule has 19 heavy (non-hydrogen) atoms. The van der Waals surface area contributed by atoms with Crippen molar-refractivity contribution >= 4 is 13.3 Å². The van der Waals surface area contributed by atoms with E-state index in [4.69, 9.17) is 0 Å². The molecular formula is C9H4BF9. The predicted molar refractivity (Wildman–Crippen MR) is 49.6 cm³/mol. The second kappa shape index (κ2) is 4.34. The number of rotatable bonds is 0. The van der Waals surface area contributed by atoms with Crippen molar-refractivity contribution in [2.24, 2.45) is 0 Å². The fourth-order valence-corrected chi connectivity index (χ4v) is 1.54. The molecule has 0 spiro atoms. The first-order valence-corrected chi connectivity index (χ1v) is 4.61. The van der Waals surface area contributed by atoms with Crippen molar-refractivity contribution in [2.75, 3.05) is 0 Å². The van der Waals surface area contributed by atoms with Gasteiger partial charge in [-0.2, -0.15) is 39.5 Å². The molecule has 0 aliphatic heterocycles. The molecule has 1 aromatic rings. The summed E-state index contributed by atoms with van der Waals surface area (Å²) in [7, 11) is 0.852. The Morgan fingerprint density at radius 2 is 0.947 bits per heavy atom.